The van der Waals surface area contributed by atoms with Gasteiger partial charge in [-0.05, 0) is 100 Å². The first-order chi connectivity index (χ1) is 48.0. The van der Waals surface area contributed by atoms with Crippen LogP contribution < -0.4 is 75.4 Å². The predicted molar refractivity (Wildman–Crippen MR) is 357 cm³/mol. The van der Waals surface area contributed by atoms with Crippen molar-refractivity contribution < 1.29 is 95.1 Å². The Morgan fingerprint density at radius 1 is 0.725 bits per heavy atom. The Balaban J connectivity index is 0.00000298. The van der Waals surface area contributed by atoms with Crippen LogP contribution in [0.1, 0.15) is 90.2 Å². The number of carboxylic acids is 1. The third-order valence-electron chi connectivity index (χ3n) is 15.4. The molecule has 36 nitrogen and oxygen atoms in total. The van der Waals surface area contributed by atoms with E-state index in [1.54, 1.807) is 56.3 Å². The van der Waals surface area contributed by atoms with Crippen molar-refractivity contribution in [2.75, 3.05) is 45.2 Å². The number of hydrogen-bond donors (Lipinski definition) is 14. The number of aliphatic hydroxyl groups is 1. The molecule has 39 heteroatoms. The quantitative estimate of drug-likeness (QED) is 0.00672. The molecule has 102 heavy (non-hydrogen) atoms. The standard InChI is InChI=1S/C61H82N16O18.C2HF3O2/c1-33(2)25-44(57(86)68-34(3)54(83)72-43(56(85)71-42(53(62)82)16-11-23-66-61(63)64)15-9-10-22-65-41-21-18-38(76(90)91)29-48(41)77(92)93)74-58(87)45(26-36-13-7-6-8-14-36)73-55(84)35(4)69-59(88)47-17-12-24-75(47)60(89)46(32-78)70-51(80)31-67-50(79)27-37-28-52(81)95-49-30-39(94-5)19-20-40(37)49;3-2(4,5)1(6)7/h6-8,13-14,18-21,28-30,33-35,42-47,65,78H,9-12,15-17,22-27,31-32H2,1-5H3,(H2,62,82)(H,67,79)(H,68,86)(H,69,88)(H,70,80)(H,71,85)(H,72,83)(H,73,84)(H,74,87)(H4,63,64,66);(H,6,7)/t34-,35-,42+,43-,44-,45-,46-,47-;/m0./s1. The highest BCUT2D eigenvalue weighted by Crippen LogP contribution is 2.29. The lowest BCUT2D eigenvalue weighted by molar-refractivity contribution is -0.393. The number of unbranched alkanes of at least 4 members (excludes halogenated alkanes) is 1. The van der Waals surface area contributed by atoms with E-state index in [2.05, 4.69) is 52.8 Å². The number of aliphatic hydroxyl groups excluding tert-OH is 1. The number of primary amides is 1. The van der Waals surface area contributed by atoms with Crippen LogP contribution in [-0.2, 0) is 65.6 Å². The molecular weight excluding hydrogens is 1360 g/mol. The van der Waals surface area contributed by atoms with Crippen molar-refractivity contribution in [3.05, 3.63) is 115 Å². The second-order valence-corrected chi connectivity index (χ2v) is 23.7. The van der Waals surface area contributed by atoms with Crippen molar-refractivity contribution in [2.24, 2.45) is 28.1 Å². The van der Waals surface area contributed by atoms with Crippen LogP contribution in [0.15, 0.2) is 87.0 Å². The number of amides is 10. The number of rotatable bonds is 37. The van der Waals surface area contributed by atoms with Crippen molar-refractivity contribution in [1.29, 1.82) is 0 Å². The molecule has 5 rings (SSSR count). The van der Waals surface area contributed by atoms with Crippen LogP contribution in [0.3, 0.4) is 0 Å². The minimum Gasteiger partial charge on any atom is -0.497 e. The maximum atomic E-state index is 14.4. The van der Waals surface area contributed by atoms with Gasteiger partial charge in [-0.25, -0.2) is 9.59 Å². The third-order valence-corrected chi connectivity index (χ3v) is 15.4. The molecule has 0 bridgehead atoms. The smallest absolute Gasteiger partial charge is 0.490 e. The highest BCUT2D eigenvalue weighted by molar-refractivity contribution is 5.99. The van der Waals surface area contributed by atoms with Crippen LogP contribution >= 0.6 is 0 Å². The monoisotopic (exact) mass is 1440 g/mol. The molecular formula is C63H83F3N16O20. The van der Waals surface area contributed by atoms with Gasteiger partial charge >= 0.3 is 17.8 Å². The summed E-state index contributed by atoms with van der Waals surface area (Å²) < 4.78 is 42.1. The molecule has 0 saturated carbocycles. The number of nitrogens with zero attached hydrogens (tertiary/aromatic N) is 4. The van der Waals surface area contributed by atoms with Crippen molar-refractivity contribution in [3.8, 4) is 5.75 Å². The van der Waals surface area contributed by atoms with Gasteiger partial charge in [0.05, 0.1) is 42.6 Å². The minimum absolute atomic E-state index is 0.00466. The Bertz CT molecular complexity index is 3760. The number of non-ortho nitro benzene ring substituents is 1. The Kier molecular flexibility index (Phi) is 32.4. The number of aliphatic imine (C=N–C) groups is 1. The normalized spacial score (nSPS) is 14.6. The number of benzene rings is 3. The van der Waals surface area contributed by atoms with Gasteiger partial charge in [0.1, 0.15) is 65.4 Å². The van der Waals surface area contributed by atoms with E-state index in [1.165, 1.54) is 33.1 Å². The first-order valence-corrected chi connectivity index (χ1v) is 31.8. The molecule has 1 saturated heterocycles. The van der Waals surface area contributed by atoms with Gasteiger partial charge in [0, 0.05) is 49.6 Å². The van der Waals surface area contributed by atoms with E-state index in [1.807, 2.05) is 0 Å². The molecule has 0 radical (unpaired) electrons. The Labute approximate surface area is 579 Å². The lowest BCUT2D eigenvalue weighted by atomic mass is 10.0. The summed E-state index contributed by atoms with van der Waals surface area (Å²) in [6, 6.07) is 6.69. The van der Waals surface area contributed by atoms with Crippen LogP contribution in [0.2, 0.25) is 0 Å². The SMILES string of the molecule is COc1ccc2c(CC(=O)NCC(=O)N[C@@H](CO)C(=O)N3CCC[C@H]3C(=O)N[C@@H](C)C(=O)N[C@@H](Cc3ccccc3)C(=O)N[C@@H](CC(C)C)C(=O)N[C@@H](C)C(=O)N[C@@H](CCCCNc3ccc([N+](=O)[O-])cc3[N+](=O)[O-])C(=O)N[C@H](CCCN=C(N)N)C(N)=O)cc(=O)oc2c1.O=C(O)C(F)(F)F. The Morgan fingerprint density at radius 2 is 1.33 bits per heavy atom. The van der Waals surface area contributed by atoms with Gasteiger partial charge in [-0.3, -0.25) is 73.2 Å². The van der Waals surface area contributed by atoms with Gasteiger partial charge < -0.3 is 89.3 Å². The summed E-state index contributed by atoms with van der Waals surface area (Å²) in [7, 11) is 1.43. The molecule has 1 aromatic heterocycles. The van der Waals surface area contributed by atoms with Gasteiger partial charge in [0.25, 0.3) is 11.4 Å². The second-order valence-electron chi connectivity index (χ2n) is 23.7. The number of anilines is 1. The van der Waals surface area contributed by atoms with E-state index >= 15 is 0 Å². The molecule has 1 aliphatic rings. The number of ether oxygens (including phenoxy) is 1. The van der Waals surface area contributed by atoms with Crippen molar-refractivity contribution in [1.82, 2.24) is 47.4 Å². The lowest BCUT2D eigenvalue weighted by Crippen LogP contribution is -2.60. The molecule has 3 aromatic carbocycles. The number of aliphatic carboxylic acids is 1. The fraction of sp³-hybridized carbons (Fsp3) is 0.476. The van der Waals surface area contributed by atoms with Crippen molar-refractivity contribution in [3.63, 3.8) is 0 Å². The van der Waals surface area contributed by atoms with E-state index in [4.69, 9.17) is 36.3 Å². The maximum absolute atomic E-state index is 14.4. The van der Waals surface area contributed by atoms with Gasteiger partial charge in [0.2, 0.25) is 59.1 Å². The summed E-state index contributed by atoms with van der Waals surface area (Å²) in [5, 5.41) is 64.0. The summed E-state index contributed by atoms with van der Waals surface area (Å²) in [5.41, 5.74) is 15.7. The van der Waals surface area contributed by atoms with Crippen LogP contribution in [0, 0.1) is 26.1 Å². The fourth-order valence-electron chi connectivity index (χ4n) is 10.2. The number of guanidine groups is 1. The third kappa shape index (κ3) is 26.9. The number of nitrogens with one attached hydrogen (secondary N) is 9. The predicted octanol–water partition coefficient (Wildman–Crippen LogP) is -0.563. The number of methoxy groups -OCH3 is 1. The average molecular weight is 1440 g/mol. The van der Waals surface area contributed by atoms with E-state index in [0.29, 0.717) is 28.7 Å². The summed E-state index contributed by atoms with van der Waals surface area (Å²) in [4.78, 5) is 184. The average Bonchev–Trinajstić information content (AvgIpc) is 1.01. The van der Waals surface area contributed by atoms with E-state index in [0.717, 1.165) is 23.1 Å². The second kappa shape index (κ2) is 39.9. The van der Waals surface area contributed by atoms with E-state index in [9.17, 15) is 91.2 Å². The minimum atomic E-state index is -5.08. The zero-order chi connectivity index (χ0) is 76.1. The lowest BCUT2D eigenvalue weighted by Gasteiger charge is -2.29. The first kappa shape index (κ1) is 82.9. The Morgan fingerprint density at radius 3 is 1.93 bits per heavy atom. The molecule has 0 unspecified atom stereocenters. The summed E-state index contributed by atoms with van der Waals surface area (Å²) in [6.45, 7) is 4.87. The summed E-state index contributed by atoms with van der Waals surface area (Å²) in [5.74, 6) is -11.0. The van der Waals surface area contributed by atoms with Gasteiger partial charge in [-0.2, -0.15) is 13.2 Å². The molecule has 17 N–H and O–H groups in total. The number of nitro benzene ring substituents is 2. The number of nitrogens with two attached hydrogens (primary N) is 3. The van der Waals surface area contributed by atoms with Crippen LogP contribution in [0.5, 0.6) is 5.75 Å². The number of carbonyl (C=O) groups is 11. The first-order valence-electron chi connectivity index (χ1n) is 31.8. The van der Waals surface area contributed by atoms with Gasteiger partial charge in [0.15, 0.2) is 5.96 Å². The number of carboxylic acid groups (broad SMARTS) is 1. The number of carbonyl (C=O) groups excluding carboxylic acids is 10. The number of alkyl halides is 3. The zero-order valence-electron chi connectivity index (χ0n) is 56.1. The molecule has 1 fully saturated rings. The summed E-state index contributed by atoms with van der Waals surface area (Å²) in [6.07, 6.45) is -4.49. The van der Waals surface area contributed by atoms with E-state index < -0.39 is 160 Å². The number of likely N-dealkylation sites (tertiary alicyclic amines) is 1. The highest BCUT2D eigenvalue weighted by Gasteiger charge is 2.40. The van der Waals surface area contributed by atoms with Gasteiger partial charge in [-0.1, -0.05) is 44.2 Å². The maximum Gasteiger partial charge on any atom is 0.490 e. The molecule has 1 aliphatic heterocycles. The number of nitro groups is 2. The fourth-order valence-corrected chi connectivity index (χ4v) is 10.2. The molecule has 4 aromatic rings. The molecule has 2 heterocycles. The van der Waals surface area contributed by atoms with Crippen LogP contribution in [0.25, 0.3) is 11.0 Å². The van der Waals surface area contributed by atoms with Crippen molar-refractivity contribution in [2.45, 2.75) is 146 Å². The van der Waals surface area contributed by atoms with Crippen LogP contribution in [0.4, 0.5) is 30.2 Å². The molecule has 0 spiro atoms. The van der Waals surface area contributed by atoms with Crippen molar-refractivity contribution >= 4 is 99.0 Å². The number of hydrogen-bond acceptors (Lipinski definition) is 21. The van der Waals surface area contributed by atoms with E-state index in [-0.39, 0.29) is 101 Å². The molecule has 10 amide bonds. The molecule has 556 valence electrons. The molecule has 8 atom stereocenters. The summed E-state index contributed by atoms with van der Waals surface area (Å²) >= 11 is 0. The number of halogens is 3. The number of fused-ring (bicyclic) bond motifs is 1. The zero-order valence-corrected chi connectivity index (χ0v) is 56.1. The topological polar surface area (TPSA) is 556 Å². The van der Waals surface area contributed by atoms with Crippen LogP contribution in [-0.4, -0.2) is 190 Å². The highest BCUT2D eigenvalue weighted by atomic mass is 19.4. The Hall–Kier alpha value is -11.5. The molecule has 0 aliphatic carbocycles. The largest absolute Gasteiger partial charge is 0.497 e. The van der Waals surface area contributed by atoms with Gasteiger partial charge in [-0.15, -0.1) is 0 Å².